The smallest absolute Gasteiger partial charge is 0.308 e. The Balaban J connectivity index is 1.81. The maximum absolute atomic E-state index is 11.4. The lowest BCUT2D eigenvalue weighted by atomic mass is 9.96. The molecule has 1 saturated heterocycles. The first-order valence-electron chi connectivity index (χ1n) is 6.74. The number of aliphatic hydroxyl groups excluding tert-OH is 1. The minimum Gasteiger partial charge on any atom is -0.469 e. The molecule has 1 aliphatic heterocycles. The summed E-state index contributed by atoms with van der Waals surface area (Å²) in [5, 5.41) is 10.2. The molecule has 1 fully saturated rings. The van der Waals surface area contributed by atoms with Gasteiger partial charge < -0.3 is 14.7 Å². The summed E-state index contributed by atoms with van der Waals surface area (Å²) in [5.74, 6) is -0.0848. The number of carbonyl (C=O) groups is 1. The quantitative estimate of drug-likeness (QED) is 0.838. The molecule has 104 valence electrons. The van der Waals surface area contributed by atoms with Gasteiger partial charge >= 0.3 is 5.97 Å². The predicted molar refractivity (Wildman–Crippen MR) is 72.6 cm³/mol. The molecule has 1 N–H and O–H groups in total. The van der Waals surface area contributed by atoms with Crippen molar-refractivity contribution >= 4 is 5.97 Å². The lowest BCUT2D eigenvalue weighted by Gasteiger charge is -2.32. The first kappa shape index (κ1) is 14.0. The molecule has 1 heterocycles. The third kappa shape index (κ3) is 3.78. The van der Waals surface area contributed by atoms with E-state index in [-0.39, 0.29) is 11.9 Å². The Morgan fingerprint density at radius 3 is 2.58 bits per heavy atom. The molecule has 0 radical (unpaired) electrons. The number of hydrogen-bond donors (Lipinski definition) is 1. The zero-order valence-electron chi connectivity index (χ0n) is 11.3. The molecule has 0 bridgehead atoms. The molecule has 1 aromatic carbocycles. The molecular formula is C15H21NO3. The number of nitrogens with zero attached hydrogens (tertiary/aromatic N) is 1. The predicted octanol–water partition coefficient (Wildman–Crippen LogP) is 1.60. The van der Waals surface area contributed by atoms with E-state index in [1.54, 1.807) is 0 Å². The van der Waals surface area contributed by atoms with Gasteiger partial charge in [0.05, 0.1) is 19.1 Å². The summed E-state index contributed by atoms with van der Waals surface area (Å²) >= 11 is 0. The van der Waals surface area contributed by atoms with Crippen LogP contribution in [0.1, 0.15) is 24.5 Å². The monoisotopic (exact) mass is 263 g/mol. The number of hydrogen-bond acceptors (Lipinski definition) is 4. The molecular weight excluding hydrogens is 242 g/mol. The topological polar surface area (TPSA) is 49.8 Å². The van der Waals surface area contributed by atoms with E-state index >= 15 is 0 Å². The Bertz CT molecular complexity index is 399. The zero-order chi connectivity index (χ0) is 13.7. The van der Waals surface area contributed by atoms with Crippen LogP contribution in [0.4, 0.5) is 0 Å². The second kappa shape index (κ2) is 6.68. The van der Waals surface area contributed by atoms with Crippen molar-refractivity contribution in [3.8, 4) is 0 Å². The molecule has 4 heteroatoms. The fourth-order valence-electron chi connectivity index (χ4n) is 2.54. The van der Waals surface area contributed by atoms with Crippen molar-refractivity contribution in [3.05, 3.63) is 35.9 Å². The number of esters is 1. The second-order valence-electron chi connectivity index (χ2n) is 5.02. The Labute approximate surface area is 114 Å². The van der Waals surface area contributed by atoms with Crippen LogP contribution in [0, 0.1) is 5.92 Å². The highest BCUT2D eigenvalue weighted by molar-refractivity contribution is 5.72. The molecule has 0 aliphatic carbocycles. The number of aliphatic hydroxyl groups is 1. The second-order valence-corrected chi connectivity index (χ2v) is 5.02. The van der Waals surface area contributed by atoms with Gasteiger partial charge in [0.25, 0.3) is 0 Å². The SMILES string of the molecule is COC(=O)C1CCN(C[C@H](O)c2ccccc2)CC1. The van der Waals surface area contributed by atoms with Gasteiger partial charge in [-0.2, -0.15) is 0 Å². The van der Waals surface area contributed by atoms with E-state index in [0.717, 1.165) is 31.5 Å². The maximum Gasteiger partial charge on any atom is 0.308 e. The van der Waals surface area contributed by atoms with Crippen LogP contribution >= 0.6 is 0 Å². The van der Waals surface area contributed by atoms with Crippen LogP contribution in [0.25, 0.3) is 0 Å². The number of β-amino-alcohol motifs (C(OH)–C–C–N with tert-alkyl or cyclic N) is 1. The van der Waals surface area contributed by atoms with Crippen LogP contribution in [0.3, 0.4) is 0 Å². The summed E-state index contributed by atoms with van der Waals surface area (Å²) in [4.78, 5) is 13.6. The fourth-order valence-corrected chi connectivity index (χ4v) is 2.54. The summed E-state index contributed by atoms with van der Waals surface area (Å²) in [6.07, 6.45) is 1.17. The maximum atomic E-state index is 11.4. The summed E-state index contributed by atoms with van der Waals surface area (Å²) < 4.78 is 4.77. The van der Waals surface area contributed by atoms with Crippen LogP contribution < -0.4 is 0 Å². The van der Waals surface area contributed by atoms with Crippen molar-refractivity contribution in [3.63, 3.8) is 0 Å². The highest BCUT2D eigenvalue weighted by Gasteiger charge is 2.26. The Morgan fingerprint density at radius 1 is 1.37 bits per heavy atom. The highest BCUT2D eigenvalue weighted by Crippen LogP contribution is 2.21. The summed E-state index contributed by atoms with van der Waals surface area (Å²) in [5.41, 5.74) is 0.942. The van der Waals surface area contributed by atoms with Crippen molar-refractivity contribution < 1.29 is 14.6 Å². The van der Waals surface area contributed by atoms with E-state index in [1.807, 2.05) is 30.3 Å². The Hall–Kier alpha value is -1.39. The molecule has 0 amide bonds. The van der Waals surface area contributed by atoms with Crippen LogP contribution in [-0.2, 0) is 9.53 Å². The average Bonchev–Trinajstić information content (AvgIpc) is 2.48. The van der Waals surface area contributed by atoms with E-state index in [0.29, 0.717) is 6.54 Å². The molecule has 4 nitrogen and oxygen atoms in total. The highest BCUT2D eigenvalue weighted by atomic mass is 16.5. The van der Waals surface area contributed by atoms with Gasteiger partial charge in [-0.15, -0.1) is 0 Å². The van der Waals surface area contributed by atoms with Gasteiger partial charge in [-0.25, -0.2) is 0 Å². The van der Waals surface area contributed by atoms with E-state index in [9.17, 15) is 9.90 Å². The number of piperidine rings is 1. The van der Waals surface area contributed by atoms with Crippen molar-refractivity contribution in [1.82, 2.24) is 4.90 Å². The molecule has 0 spiro atoms. The largest absolute Gasteiger partial charge is 0.469 e. The number of methoxy groups -OCH3 is 1. The van der Waals surface area contributed by atoms with Gasteiger partial charge in [0, 0.05) is 6.54 Å². The third-order valence-electron chi connectivity index (χ3n) is 3.74. The van der Waals surface area contributed by atoms with E-state index < -0.39 is 6.10 Å². The summed E-state index contributed by atoms with van der Waals surface area (Å²) in [6.45, 7) is 2.30. The number of rotatable bonds is 4. The summed E-state index contributed by atoms with van der Waals surface area (Å²) in [6, 6.07) is 9.68. The van der Waals surface area contributed by atoms with Crippen LogP contribution in [0.15, 0.2) is 30.3 Å². The number of ether oxygens (including phenoxy) is 1. The molecule has 0 aromatic heterocycles. The van der Waals surface area contributed by atoms with Gasteiger partial charge in [0.15, 0.2) is 0 Å². The average molecular weight is 263 g/mol. The summed E-state index contributed by atoms with van der Waals surface area (Å²) in [7, 11) is 1.44. The van der Waals surface area contributed by atoms with Crippen LogP contribution in [0.5, 0.6) is 0 Å². The Kier molecular flexibility index (Phi) is 4.93. The molecule has 1 aromatic rings. The van der Waals surface area contributed by atoms with Crippen molar-refractivity contribution in [2.45, 2.75) is 18.9 Å². The van der Waals surface area contributed by atoms with Crippen molar-refractivity contribution in [1.29, 1.82) is 0 Å². The fraction of sp³-hybridized carbons (Fsp3) is 0.533. The van der Waals surface area contributed by atoms with E-state index in [2.05, 4.69) is 4.90 Å². The van der Waals surface area contributed by atoms with Crippen molar-refractivity contribution in [2.75, 3.05) is 26.7 Å². The van der Waals surface area contributed by atoms with Crippen molar-refractivity contribution in [2.24, 2.45) is 5.92 Å². The third-order valence-corrected chi connectivity index (χ3v) is 3.74. The standard InChI is InChI=1S/C15H21NO3/c1-19-15(18)13-7-9-16(10-8-13)11-14(17)12-5-3-2-4-6-12/h2-6,13-14,17H,7-11H2,1H3/t14-/m0/s1. The molecule has 1 aliphatic rings. The number of likely N-dealkylation sites (tertiary alicyclic amines) is 1. The molecule has 2 rings (SSSR count). The first-order chi connectivity index (χ1) is 9.20. The zero-order valence-corrected chi connectivity index (χ0v) is 11.3. The lowest BCUT2D eigenvalue weighted by Crippen LogP contribution is -2.38. The van der Waals surface area contributed by atoms with Gasteiger partial charge in [-0.3, -0.25) is 4.79 Å². The molecule has 0 saturated carbocycles. The van der Waals surface area contributed by atoms with Gasteiger partial charge in [0.2, 0.25) is 0 Å². The molecule has 0 unspecified atom stereocenters. The van der Waals surface area contributed by atoms with E-state index in [4.69, 9.17) is 4.74 Å². The van der Waals surface area contributed by atoms with E-state index in [1.165, 1.54) is 7.11 Å². The Morgan fingerprint density at radius 2 is 2.00 bits per heavy atom. The molecule has 1 atom stereocenters. The minimum atomic E-state index is -0.462. The van der Waals surface area contributed by atoms with Crippen LogP contribution in [-0.4, -0.2) is 42.7 Å². The van der Waals surface area contributed by atoms with Gasteiger partial charge in [-0.1, -0.05) is 30.3 Å². The van der Waals surface area contributed by atoms with Crippen LogP contribution in [0.2, 0.25) is 0 Å². The van der Waals surface area contributed by atoms with Gasteiger partial charge in [0.1, 0.15) is 0 Å². The number of benzene rings is 1. The first-order valence-corrected chi connectivity index (χ1v) is 6.74. The minimum absolute atomic E-state index is 0.0233. The lowest BCUT2D eigenvalue weighted by molar-refractivity contribution is -0.147. The molecule has 19 heavy (non-hydrogen) atoms. The normalized spacial score (nSPS) is 19.1. The number of carbonyl (C=O) groups excluding carboxylic acids is 1. The van der Waals surface area contributed by atoms with Gasteiger partial charge in [-0.05, 0) is 31.5 Å².